The molecule has 0 unspecified atom stereocenters. The zero-order valence-electron chi connectivity index (χ0n) is 12.9. The van der Waals surface area contributed by atoms with Crippen molar-refractivity contribution in [1.82, 2.24) is 15.1 Å². The quantitative estimate of drug-likeness (QED) is 0.866. The lowest BCUT2D eigenvalue weighted by molar-refractivity contribution is 0.0555. The van der Waals surface area contributed by atoms with E-state index in [4.69, 9.17) is 9.73 Å². The number of thioether (sulfide) groups is 1. The molecule has 1 N–H and O–H groups in total. The first kappa shape index (κ1) is 14.9. The Morgan fingerprint density at radius 2 is 2.24 bits per heavy atom. The first-order valence-corrected chi connectivity index (χ1v) is 8.70. The first-order chi connectivity index (χ1) is 10.2. The summed E-state index contributed by atoms with van der Waals surface area (Å²) in [7, 11) is 0. The molecule has 1 spiro atoms. The highest BCUT2D eigenvalue weighted by molar-refractivity contribution is 8.14. The van der Waals surface area contributed by atoms with E-state index in [2.05, 4.69) is 28.1 Å². The van der Waals surface area contributed by atoms with Crippen molar-refractivity contribution in [3.05, 3.63) is 17.5 Å². The maximum Gasteiger partial charge on any atom is 0.157 e. The average molecular weight is 308 g/mol. The fraction of sp³-hybridized carbons (Fsp3) is 0.733. The highest BCUT2D eigenvalue weighted by Crippen LogP contribution is 2.31. The van der Waals surface area contributed by atoms with Gasteiger partial charge in [0.15, 0.2) is 5.17 Å². The van der Waals surface area contributed by atoms with Crippen LogP contribution in [0.15, 0.2) is 11.1 Å². The van der Waals surface area contributed by atoms with Crippen molar-refractivity contribution in [2.24, 2.45) is 4.99 Å². The first-order valence-electron chi connectivity index (χ1n) is 7.71. The molecule has 0 amide bonds. The Labute approximate surface area is 130 Å². The zero-order chi connectivity index (χ0) is 14.7. The number of nitrogens with zero attached hydrogens (tertiary/aromatic N) is 3. The van der Waals surface area contributed by atoms with E-state index in [-0.39, 0.29) is 5.54 Å². The topological polar surface area (TPSA) is 51.4 Å². The van der Waals surface area contributed by atoms with Crippen LogP contribution < -0.4 is 5.32 Å². The van der Waals surface area contributed by atoms with Crippen LogP contribution in [0.1, 0.15) is 30.7 Å². The summed E-state index contributed by atoms with van der Waals surface area (Å²) in [4.78, 5) is 4.71. The molecule has 0 bridgehead atoms. The van der Waals surface area contributed by atoms with Gasteiger partial charge in [-0.1, -0.05) is 11.8 Å². The van der Waals surface area contributed by atoms with E-state index >= 15 is 0 Å². The molecule has 116 valence electrons. The Morgan fingerprint density at radius 3 is 2.95 bits per heavy atom. The second kappa shape index (κ2) is 6.40. The summed E-state index contributed by atoms with van der Waals surface area (Å²) in [6.07, 6.45) is 3.24. The fourth-order valence-corrected chi connectivity index (χ4v) is 4.17. The van der Waals surface area contributed by atoms with Gasteiger partial charge in [-0.15, -0.1) is 0 Å². The van der Waals surface area contributed by atoms with E-state index in [1.165, 1.54) is 5.69 Å². The summed E-state index contributed by atoms with van der Waals surface area (Å²) in [5.74, 6) is 1.13. The number of amidine groups is 1. The molecule has 0 saturated carbocycles. The van der Waals surface area contributed by atoms with Crippen molar-refractivity contribution in [1.29, 1.82) is 0 Å². The van der Waals surface area contributed by atoms with Gasteiger partial charge in [0.2, 0.25) is 0 Å². The van der Waals surface area contributed by atoms with Crippen LogP contribution in [0.25, 0.3) is 0 Å². The number of ether oxygens (including phenoxy) is 1. The SMILES string of the molecule is Cc1cc(C)n(CCCN=C2NC3(CCOCC3)CS2)n1. The molecule has 3 rings (SSSR count). The third-order valence-electron chi connectivity index (χ3n) is 4.19. The number of aryl methyl sites for hydroxylation is 3. The van der Waals surface area contributed by atoms with Crippen LogP contribution in [0, 0.1) is 13.8 Å². The molecule has 5 nitrogen and oxygen atoms in total. The number of hydrogen-bond acceptors (Lipinski definition) is 4. The standard InChI is InChI=1S/C15H24N4OS/c1-12-10-13(2)19(18-12)7-3-6-16-14-17-15(11-21-14)4-8-20-9-5-15/h10H,3-9,11H2,1-2H3,(H,16,17). The number of aromatic nitrogens is 2. The summed E-state index contributed by atoms with van der Waals surface area (Å²) in [5, 5.41) is 9.23. The highest BCUT2D eigenvalue weighted by Gasteiger charge is 2.38. The van der Waals surface area contributed by atoms with E-state index in [0.29, 0.717) is 0 Å². The number of rotatable bonds is 4. The zero-order valence-corrected chi connectivity index (χ0v) is 13.7. The number of hydrogen-bond donors (Lipinski definition) is 1. The van der Waals surface area contributed by atoms with Crippen molar-refractivity contribution < 1.29 is 4.74 Å². The predicted octanol–water partition coefficient (Wildman–Crippen LogP) is 2.13. The van der Waals surface area contributed by atoms with Gasteiger partial charge < -0.3 is 10.1 Å². The van der Waals surface area contributed by atoms with E-state index < -0.39 is 0 Å². The van der Waals surface area contributed by atoms with Crippen LogP contribution >= 0.6 is 11.8 Å². The second-order valence-electron chi connectivity index (χ2n) is 6.00. The van der Waals surface area contributed by atoms with Gasteiger partial charge in [-0.05, 0) is 39.2 Å². The van der Waals surface area contributed by atoms with Crippen molar-refractivity contribution in [3.63, 3.8) is 0 Å². The lowest BCUT2D eigenvalue weighted by Gasteiger charge is -2.32. The molecule has 1 aromatic heterocycles. The summed E-state index contributed by atoms with van der Waals surface area (Å²) in [6, 6.07) is 2.12. The minimum Gasteiger partial charge on any atom is -0.381 e. The van der Waals surface area contributed by atoms with Crippen LogP contribution in [0.2, 0.25) is 0 Å². The molecule has 2 aliphatic rings. The van der Waals surface area contributed by atoms with E-state index in [1.807, 2.05) is 18.7 Å². The largest absolute Gasteiger partial charge is 0.381 e. The van der Waals surface area contributed by atoms with Gasteiger partial charge in [0.25, 0.3) is 0 Å². The molecular weight excluding hydrogens is 284 g/mol. The number of nitrogens with one attached hydrogen (secondary N) is 1. The van der Waals surface area contributed by atoms with Crippen LogP contribution in [0.5, 0.6) is 0 Å². The second-order valence-corrected chi connectivity index (χ2v) is 6.96. The fourth-order valence-electron chi connectivity index (χ4n) is 2.92. The van der Waals surface area contributed by atoms with E-state index in [1.54, 1.807) is 0 Å². The molecule has 2 aliphatic heterocycles. The third kappa shape index (κ3) is 3.61. The van der Waals surface area contributed by atoms with E-state index in [9.17, 15) is 0 Å². The lowest BCUT2D eigenvalue weighted by Crippen LogP contribution is -2.48. The summed E-state index contributed by atoms with van der Waals surface area (Å²) < 4.78 is 7.53. The van der Waals surface area contributed by atoms with Gasteiger partial charge in [-0.2, -0.15) is 5.10 Å². The Hall–Kier alpha value is -1.01. The van der Waals surface area contributed by atoms with Crippen molar-refractivity contribution >= 4 is 16.9 Å². The van der Waals surface area contributed by atoms with Crippen LogP contribution in [0.4, 0.5) is 0 Å². The molecule has 0 radical (unpaired) electrons. The van der Waals surface area contributed by atoms with Gasteiger partial charge in [0.05, 0.1) is 11.2 Å². The summed E-state index contributed by atoms with van der Waals surface area (Å²) >= 11 is 1.86. The van der Waals surface area contributed by atoms with Crippen LogP contribution in [-0.2, 0) is 11.3 Å². The molecular formula is C15H24N4OS. The summed E-state index contributed by atoms with van der Waals surface area (Å²) in [6.45, 7) is 7.70. The van der Waals surface area contributed by atoms with Crippen molar-refractivity contribution in [2.75, 3.05) is 25.5 Å². The Morgan fingerprint density at radius 1 is 1.43 bits per heavy atom. The summed E-state index contributed by atoms with van der Waals surface area (Å²) in [5.41, 5.74) is 2.57. The van der Waals surface area contributed by atoms with Gasteiger partial charge in [0, 0.05) is 37.8 Å². The molecule has 2 saturated heterocycles. The molecule has 6 heteroatoms. The van der Waals surface area contributed by atoms with Crippen molar-refractivity contribution in [2.45, 2.75) is 45.2 Å². The molecule has 3 heterocycles. The molecule has 2 fully saturated rings. The molecule has 0 aromatic carbocycles. The minimum absolute atomic E-state index is 0.247. The maximum atomic E-state index is 5.45. The third-order valence-corrected chi connectivity index (χ3v) is 5.40. The number of aliphatic imine (C=N–C) groups is 1. The Bertz CT molecular complexity index is 520. The normalized spacial score (nSPS) is 22.9. The predicted molar refractivity (Wildman–Crippen MR) is 87.0 cm³/mol. The monoisotopic (exact) mass is 308 g/mol. The van der Waals surface area contributed by atoms with Crippen molar-refractivity contribution in [3.8, 4) is 0 Å². The molecule has 1 aromatic rings. The highest BCUT2D eigenvalue weighted by atomic mass is 32.2. The lowest BCUT2D eigenvalue weighted by atomic mass is 9.93. The Balaban J connectivity index is 1.45. The molecule has 21 heavy (non-hydrogen) atoms. The van der Waals surface area contributed by atoms with Gasteiger partial charge in [-0.25, -0.2) is 0 Å². The Kier molecular flexibility index (Phi) is 4.54. The molecule has 0 aliphatic carbocycles. The van der Waals surface area contributed by atoms with E-state index in [0.717, 1.165) is 62.2 Å². The van der Waals surface area contributed by atoms with Gasteiger partial charge >= 0.3 is 0 Å². The van der Waals surface area contributed by atoms with Gasteiger partial charge in [-0.3, -0.25) is 9.67 Å². The minimum atomic E-state index is 0.247. The molecule has 0 atom stereocenters. The average Bonchev–Trinajstić information content (AvgIpc) is 3.00. The van der Waals surface area contributed by atoms with Gasteiger partial charge in [0.1, 0.15) is 0 Å². The smallest absolute Gasteiger partial charge is 0.157 e. The van der Waals surface area contributed by atoms with Crippen LogP contribution in [0.3, 0.4) is 0 Å². The maximum absolute atomic E-state index is 5.45. The van der Waals surface area contributed by atoms with Crippen LogP contribution in [-0.4, -0.2) is 46.0 Å².